The van der Waals surface area contributed by atoms with Gasteiger partial charge in [-0.25, -0.2) is 18.4 Å². The Bertz CT molecular complexity index is 1070. The van der Waals surface area contributed by atoms with Gasteiger partial charge in [0.1, 0.15) is 18.9 Å². The molecule has 0 bridgehead atoms. The Kier molecular flexibility index (Phi) is 6.56. The number of ether oxygens (including phenoxy) is 2. The molecule has 2 heterocycles. The molecule has 0 aromatic heterocycles. The van der Waals surface area contributed by atoms with Crippen LogP contribution in [-0.4, -0.2) is 63.9 Å². The monoisotopic (exact) mass is 479 g/mol. The third kappa shape index (κ3) is 4.80. The summed E-state index contributed by atoms with van der Waals surface area (Å²) in [6, 6.07) is 11.3. The first-order valence-electron chi connectivity index (χ1n) is 10.5. The van der Waals surface area contributed by atoms with Gasteiger partial charge in [0.25, 0.3) is 0 Å². The normalized spacial score (nSPS) is 19.8. The lowest BCUT2D eigenvalue weighted by Gasteiger charge is -2.34. The van der Waals surface area contributed by atoms with Crippen LogP contribution >= 0.6 is 7.14 Å². The number of hydrogen-bond donors (Lipinski definition) is 1. The number of rotatable bonds is 5. The van der Waals surface area contributed by atoms with Crippen molar-refractivity contribution >= 4 is 36.0 Å². The lowest BCUT2D eigenvalue weighted by Crippen LogP contribution is -2.38. The number of benzene rings is 2. The highest BCUT2D eigenvalue weighted by Crippen LogP contribution is 2.47. The van der Waals surface area contributed by atoms with Crippen LogP contribution in [0.3, 0.4) is 0 Å². The number of anilines is 2. The molecule has 0 aliphatic carbocycles. The fourth-order valence-corrected chi connectivity index (χ4v) is 6.67. The molecule has 2 aliphatic rings. The van der Waals surface area contributed by atoms with Crippen molar-refractivity contribution < 1.29 is 32.4 Å². The van der Waals surface area contributed by atoms with Crippen molar-refractivity contribution in [2.45, 2.75) is 6.10 Å². The van der Waals surface area contributed by atoms with Crippen molar-refractivity contribution in [1.82, 2.24) is 5.32 Å². The standard InChI is InChI=1S/C22H24F2N3O5P/c1-31-21(28)25-13-16-14-27(22(29)32-16)15-11-18(23)20(19(24)12-15)26-7-9-33(30,10-8-26)17-5-3-2-4-6-17/h2-6,11-12,16H,7-10,13-14H2,1H3,(H,25,28)/t16-/m0/s1. The van der Waals surface area contributed by atoms with Crippen LogP contribution in [0.2, 0.25) is 0 Å². The summed E-state index contributed by atoms with van der Waals surface area (Å²) in [4.78, 5) is 26.0. The van der Waals surface area contributed by atoms with E-state index in [1.165, 1.54) is 7.11 Å². The zero-order valence-electron chi connectivity index (χ0n) is 18.0. The number of amides is 2. The van der Waals surface area contributed by atoms with Crippen molar-refractivity contribution in [3.8, 4) is 0 Å². The maximum Gasteiger partial charge on any atom is 0.414 e. The first-order valence-corrected chi connectivity index (χ1v) is 12.6. The number of cyclic esters (lactones) is 1. The SMILES string of the molecule is COC(=O)NC[C@H]1CN(c2cc(F)c(N3CCP(=O)(c4ccccc4)CC3)c(F)c2)C(=O)O1. The van der Waals surface area contributed by atoms with Crippen molar-refractivity contribution in [2.75, 3.05) is 55.4 Å². The first-order chi connectivity index (χ1) is 15.8. The van der Waals surface area contributed by atoms with Crippen molar-refractivity contribution in [1.29, 1.82) is 0 Å². The highest BCUT2D eigenvalue weighted by molar-refractivity contribution is 7.71. The molecule has 2 saturated heterocycles. The Morgan fingerprint density at radius 2 is 1.82 bits per heavy atom. The van der Waals surface area contributed by atoms with E-state index >= 15 is 0 Å². The Morgan fingerprint density at radius 3 is 2.42 bits per heavy atom. The molecule has 2 aromatic carbocycles. The molecule has 8 nitrogen and oxygen atoms in total. The zero-order valence-corrected chi connectivity index (χ0v) is 18.9. The van der Waals surface area contributed by atoms with Crippen LogP contribution in [-0.2, 0) is 14.0 Å². The van der Waals surface area contributed by atoms with Gasteiger partial charge in [-0.2, -0.15) is 0 Å². The third-order valence-corrected chi connectivity index (χ3v) is 8.94. The Balaban J connectivity index is 1.46. The quantitative estimate of drug-likeness (QED) is 0.663. The molecule has 0 spiro atoms. The molecule has 176 valence electrons. The van der Waals surface area contributed by atoms with Gasteiger partial charge in [-0.15, -0.1) is 0 Å². The maximum absolute atomic E-state index is 15.0. The van der Waals surface area contributed by atoms with E-state index in [-0.39, 0.29) is 37.6 Å². The number of halogens is 2. The average Bonchev–Trinajstić information content (AvgIpc) is 3.19. The first kappa shape index (κ1) is 23.0. The molecule has 2 fully saturated rings. The summed E-state index contributed by atoms with van der Waals surface area (Å²) in [7, 11) is -1.40. The summed E-state index contributed by atoms with van der Waals surface area (Å²) in [5, 5.41) is 3.20. The maximum atomic E-state index is 15.0. The average molecular weight is 479 g/mol. The highest BCUT2D eigenvalue weighted by Gasteiger charge is 2.35. The number of nitrogens with one attached hydrogen (secondary N) is 1. The van der Waals surface area contributed by atoms with Gasteiger partial charge >= 0.3 is 12.2 Å². The van der Waals surface area contributed by atoms with Gasteiger partial charge in [0.2, 0.25) is 0 Å². The van der Waals surface area contributed by atoms with E-state index in [1.54, 1.807) is 4.90 Å². The summed E-state index contributed by atoms with van der Waals surface area (Å²) in [5.74, 6) is -1.63. The van der Waals surface area contributed by atoms with Gasteiger partial charge in [-0.3, -0.25) is 4.90 Å². The molecule has 11 heteroatoms. The molecule has 33 heavy (non-hydrogen) atoms. The molecule has 2 aromatic rings. The molecule has 1 N–H and O–H groups in total. The molecule has 1 atom stereocenters. The van der Waals surface area contributed by atoms with Crippen molar-refractivity contribution in [3.05, 3.63) is 54.1 Å². The van der Waals surface area contributed by atoms with Crippen LogP contribution < -0.4 is 20.4 Å². The number of alkyl carbamates (subject to hydrolysis) is 1. The summed E-state index contributed by atoms with van der Waals surface area (Å²) >= 11 is 0. The summed E-state index contributed by atoms with van der Waals surface area (Å²) in [5.41, 5.74) is -0.180. The highest BCUT2D eigenvalue weighted by atomic mass is 31.2. The van der Waals surface area contributed by atoms with Gasteiger partial charge in [-0.05, 0) is 0 Å². The number of carbonyl (C=O) groups is 2. The lowest BCUT2D eigenvalue weighted by molar-refractivity contribution is 0.132. The van der Waals surface area contributed by atoms with E-state index < -0.39 is 37.1 Å². The molecule has 0 unspecified atom stereocenters. The van der Waals surface area contributed by atoms with Gasteiger partial charge in [0.05, 0.1) is 25.9 Å². The second-order valence-corrected chi connectivity index (χ2v) is 11.1. The number of hydrogen-bond acceptors (Lipinski definition) is 6. The smallest absolute Gasteiger partial charge is 0.414 e. The van der Waals surface area contributed by atoms with E-state index in [2.05, 4.69) is 10.1 Å². The van der Waals surface area contributed by atoms with Crippen LogP contribution in [0.25, 0.3) is 0 Å². The minimum Gasteiger partial charge on any atom is -0.453 e. The van der Waals surface area contributed by atoms with Gasteiger partial charge in [0, 0.05) is 42.9 Å². The van der Waals surface area contributed by atoms with Crippen LogP contribution in [0, 0.1) is 11.6 Å². The Morgan fingerprint density at radius 1 is 1.18 bits per heavy atom. The third-order valence-electron chi connectivity index (χ3n) is 5.85. The van der Waals surface area contributed by atoms with Gasteiger partial charge < -0.3 is 24.3 Å². The van der Waals surface area contributed by atoms with Crippen molar-refractivity contribution in [2.24, 2.45) is 0 Å². The minimum atomic E-state index is -2.61. The Hall–Kier alpha value is -3.13. The fourth-order valence-electron chi connectivity index (χ4n) is 4.09. The van der Waals surface area contributed by atoms with Crippen LogP contribution in [0.15, 0.2) is 42.5 Å². The largest absolute Gasteiger partial charge is 0.453 e. The molecular weight excluding hydrogens is 455 g/mol. The number of carbonyl (C=O) groups excluding carboxylic acids is 2. The van der Waals surface area contributed by atoms with E-state index in [1.807, 2.05) is 30.3 Å². The van der Waals surface area contributed by atoms with Crippen LogP contribution in [0.5, 0.6) is 0 Å². The second-order valence-electron chi connectivity index (χ2n) is 7.91. The zero-order chi connectivity index (χ0) is 23.6. The van der Waals surface area contributed by atoms with E-state index in [9.17, 15) is 22.9 Å². The molecule has 4 rings (SSSR count). The predicted octanol–water partition coefficient (Wildman–Crippen LogP) is 3.15. The van der Waals surface area contributed by atoms with E-state index in [4.69, 9.17) is 4.74 Å². The summed E-state index contributed by atoms with van der Waals surface area (Å²) in [6.07, 6.45) is -1.48. The van der Waals surface area contributed by atoms with Gasteiger partial charge in [0.15, 0.2) is 11.6 Å². The number of methoxy groups -OCH3 is 1. The van der Waals surface area contributed by atoms with Gasteiger partial charge in [-0.1, -0.05) is 30.3 Å². The molecular formula is C22H24F2N3O5P. The van der Waals surface area contributed by atoms with E-state index in [0.717, 1.165) is 22.3 Å². The van der Waals surface area contributed by atoms with Crippen LogP contribution in [0.4, 0.5) is 29.7 Å². The molecule has 2 aliphatic heterocycles. The number of nitrogens with zero attached hydrogens (tertiary/aromatic N) is 2. The topological polar surface area (TPSA) is 88.2 Å². The lowest BCUT2D eigenvalue weighted by atomic mass is 10.2. The minimum absolute atomic E-state index is 0.00715. The predicted molar refractivity (Wildman–Crippen MR) is 120 cm³/mol. The van der Waals surface area contributed by atoms with E-state index in [0.29, 0.717) is 12.3 Å². The Labute approximate surface area is 189 Å². The molecule has 2 amide bonds. The van der Waals surface area contributed by atoms with Crippen LogP contribution in [0.1, 0.15) is 0 Å². The molecule has 0 saturated carbocycles. The second kappa shape index (κ2) is 9.39. The fraction of sp³-hybridized carbons (Fsp3) is 0.364. The summed E-state index contributed by atoms with van der Waals surface area (Å²) < 4.78 is 52.9. The van der Waals surface area contributed by atoms with Crippen molar-refractivity contribution in [3.63, 3.8) is 0 Å². The summed E-state index contributed by atoms with van der Waals surface area (Å²) in [6.45, 7) is 0.539. The molecule has 0 radical (unpaired) electrons.